The predicted octanol–water partition coefficient (Wildman–Crippen LogP) is 4.44. The van der Waals surface area contributed by atoms with E-state index in [0.717, 1.165) is 16.4 Å². The number of anilines is 1. The van der Waals surface area contributed by atoms with E-state index < -0.39 is 33.7 Å². The minimum absolute atomic E-state index is 0.0369. The number of hydrogen-bond acceptors (Lipinski definition) is 7. The summed E-state index contributed by atoms with van der Waals surface area (Å²) in [5.74, 6) is -0.185. The summed E-state index contributed by atoms with van der Waals surface area (Å²) in [6.45, 7) is 0.138. The number of aromatic nitrogens is 2. The van der Waals surface area contributed by atoms with Gasteiger partial charge in [-0.2, -0.15) is 17.5 Å². The van der Waals surface area contributed by atoms with Crippen molar-refractivity contribution in [1.29, 1.82) is 0 Å². The van der Waals surface area contributed by atoms with Crippen LogP contribution >= 0.6 is 0 Å². The number of benzene rings is 2. The molecule has 1 unspecified atom stereocenters. The molecule has 210 valence electrons. The van der Waals surface area contributed by atoms with Gasteiger partial charge in [-0.1, -0.05) is 30.3 Å². The monoisotopic (exact) mass is 573 g/mol. The van der Waals surface area contributed by atoms with Gasteiger partial charge in [-0.25, -0.2) is 18.4 Å². The van der Waals surface area contributed by atoms with E-state index in [4.69, 9.17) is 4.42 Å². The summed E-state index contributed by atoms with van der Waals surface area (Å²) < 4.78 is 72.4. The second kappa shape index (κ2) is 10.5. The van der Waals surface area contributed by atoms with Gasteiger partial charge in [0, 0.05) is 37.7 Å². The summed E-state index contributed by atoms with van der Waals surface area (Å²) in [5, 5.41) is 3.18. The number of para-hydroxylation sites is 1. The zero-order chi connectivity index (χ0) is 28.7. The molecule has 0 spiro atoms. The molecule has 5 rings (SSSR count). The maximum Gasteiger partial charge on any atom is 0.416 e. The Morgan fingerprint density at radius 2 is 1.82 bits per heavy atom. The summed E-state index contributed by atoms with van der Waals surface area (Å²) in [4.78, 5) is 23.7. The Kier molecular flexibility index (Phi) is 7.27. The van der Waals surface area contributed by atoms with Gasteiger partial charge in [-0.3, -0.25) is 4.79 Å². The molecular weight excluding hydrogens is 547 g/mol. The van der Waals surface area contributed by atoms with Crippen molar-refractivity contribution in [2.45, 2.75) is 36.7 Å². The van der Waals surface area contributed by atoms with E-state index in [1.54, 1.807) is 49.3 Å². The number of alkyl halides is 3. The Bertz CT molecular complexity index is 1620. The van der Waals surface area contributed by atoms with Crippen LogP contribution in [0.3, 0.4) is 0 Å². The van der Waals surface area contributed by atoms with E-state index in [1.807, 2.05) is 0 Å². The fourth-order valence-corrected chi connectivity index (χ4v) is 6.15. The van der Waals surface area contributed by atoms with Crippen molar-refractivity contribution in [3.05, 3.63) is 71.9 Å². The van der Waals surface area contributed by atoms with Gasteiger partial charge in [0.25, 0.3) is 10.0 Å². The number of amides is 1. The Labute approximate surface area is 228 Å². The first-order valence-corrected chi connectivity index (χ1v) is 13.9. The third-order valence-corrected chi connectivity index (χ3v) is 8.36. The molecular formula is C27H26F3N5O4S. The third kappa shape index (κ3) is 5.52. The Hall–Kier alpha value is -3.97. The fourth-order valence-electron chi connectivity index (χ4n) is 4.54. The summed E-state index contributed by atoms with van der Waals surface area (Å²) in [6.07, 6.45) is -3.61. The highest BCUT2D eigenvalue weighted by Crippen LogP contribution is 2.32. The van der Waals surface area contributed by atoms with Crippen LogP contribution in [0.15, 0.2) is 70.2 Å². The molecule has 4 aromatic rings. The van der Waals surface area contributed by atoms with Gasteiger partial charge in [0.15, 0.2) is 0 Å². The van der Waals surface area contributed by atoms with Gasteiger partial charge in [-0.15, -0.1) is 0 Å². The molecule has 1 saturated heterocycles. The molecule has 0 bridgehead atoms. The molecule has 1 amide bonds. The van der Waals surface area contributed by atoms with Crippen molar-refractivity contribution < 1.29 is 30.8 Å². The second-order valence-electron chi connectivity index (χ2n) is 9.61. The largest absolute Gasteiger partial charge is 0.443 e. The smallest absolute Gasteiger partial charge is 0.416 e. The van der Waals surface area contributed by atoms with Crippen molar-refractivity contribution in [3.63, 3.8) is 0 Å². The van der Waals surface area contributed by atoms with Gasteiger partial charge in [0.05, 0.1) is 23.5 Å². The number of hydrogen-bond donors (Lipinski definition) is 1. The summed E-state index contributed by atoms with van der Waals surface area (Å²) in [7, 11) is -0.627. The molecule has 0 saturated carbocycles. The highest BCUT2D eigenvalue weighted by molar-refractivity contribution is 7.89. The number of nitrogens with zero attached hydrogens (tertiary/aromatic N) is 4. The zero-order valence-electron chi connectivity index (χ0n) is 21.6. The first-order valence-electron chi connectivity index (χ1n) is 12.4. The van der Waals surface area contributed by atoms with Crippen LogP contribution in [-0.2, 0) is 27.5 Å². The maximum absolute atomic E-state index is 13.4. The topological polar surface area (TPSA) is 109 Å². The van der Waals surface area contributed by atoms with Gasteiger partial charge in [0.1, 0.15) is 11.6 Å². The standard InChI is InChI=1S/C27H26F3N5O4S/c1-34(2)26-32-20(15-21(33-26)17-9-11-19(12-10-17)27(28,29)30)16-31-25(36)22-7-5-13-35(22)40(37,38)24-14-18-6-3-4-8-23(18)39-24/h3-4,6,8-12,14-15,22H,5,7,13,16H2,1-2H3,(H,31,36). The van der Waals surface area contributed by atoms with Crippen LogP contribution in [0.2, 0.25) is 0 Å². The van der Waals surface area contributed by atoms with Crippen molar-refractivity contribution in [2.24, 2.45) is 0 Å². The maximum atomic E-state index is 13.4. The minimum Gasteiger partial charge on any atom is -0.443 e. The Morgan fingerprint density at radius 3 is 2.50 bits per heavy atom. The lowest BCUT2D eigenvalue weighted by molar-refractivity contribution is -0.137. The zero-order valence-corrected chi connectivity index (χ0v) is 22.5. The lowest BCUT2D eigenvalue weighted by Gasteiger charge is -2.22. The number of fused-ring (bicyclic) bond motifs is 1. The number of furan rings is 1. The number of halogens is 3. The third-order valence-electron chi connectivity index (χ3n) is 6.59. The van der Waals surface area contributed by atoms with Crippen molar-refractivity contribution in [3.8, 4) is 11.3 Å². The average molecular weight is 574 g/mol. The molecule has 2 aromatic carbocycles. The molecule has 1 aliphatic heterocycles. The van der Waals surface area contributed by atoms with Crippen LogP contribution in [-0.4, -0.2) is 55.3 Å². The van der Waals surface area contributed by atoms with E-state index in [2.05, 4.69) is 15.3 Å². The van der Waals surface area contributed by atoms with Crippen molar-refractivity contribution in [1.82, 2.24) is 19.6 Å². The molecule has 3 heterocycles. The lowest BCUT2D eigenvalue weighted by Crippen LogP contribution is -2.45. The quantitative estimate of drug-likeness (QED) is 0.348. The summed E-state index contributed by atoms with van der Waals surface area (Å²) in [5.41, 5.74) is 0.901. The van der Waals surface area contributed by atoms with Crippen molar-refractivity contribution in [2.75, 3.05) is 25.5 Å². The summed E-state index contributed by atoms with van der Waals surface area (Å²) >= 11 is 0. The average Bonchev–Trinajstić information content (AvgIpc) is 3.60. The van der Waals surface area contributed by atoms with E-state index in [1.165, 1.54) is 18.2 Å². The van der Waals surface area contributed by atoms with E-state index in [0.29, 0.717) is 46.7 Å². The minimum atomic E-state index is -4.46. The highest BCUT2D eigenvalue weighted by Gasteiger charge is 2.41. The normalized spacial score (nSPS) is 16.4. The number of carbonyl (C=O) groups excluding carboxylic acids is 1. The van der Waals surface area contributed by atoms with Crippen LogP contribution in [0.4, 0.5) is 19.1 Å². The molecule has 40 heavy (non-hydrogen) atoms. The lowest BCUT2D eigenvalue weighted by atomic mass is 10.1. The van der Waals surface area contributed by atoms with E-state index in [9.17, 15) is 26.4 Å². The van der Waals surface area contributed by atoms with Crippen LogP contribution in [0.5, 0.6) is 0 Å². The first kappa shape index (κ1) is 27.6. The van der Waals surface area contributed by atoms with Gasteiger partial charge in [0.2, 0.25) is 16.9 Å². The van der Waals surface area contributed by atoms with Gasteiger partial charge < -0.3 is 14.6 Å². The second-order valence-corrected chi connectivity index (χ2v) is 11.4. The molecule has 1 fully saturated rings. The van der Waals surface area contributed by atoms with Crippen molar-refractivity contribution >= 4 is 32.8 Å². The van der Waals surface area contributed by atoms with E-state index >= 15 is 0 Å². The molecule has 0 radical (unpaired) electrons. The Balaban J connectivity index is 1.34. The molecule has 0 aliphatic carbocycles. The molecule has 1 aliphatic rings. The van der Waals surface area contributed by atoms with Gasteiger partial charge in [-0.05, 0) is 37.1 Å². The number of rotatable bonds is 7. The van der Waals surface area contributed by atoms with Gasteiger partial charge >= 0.3 is 6.18 Å². The highest BCUT2D eigenvalue weighted by atomic mass is 32.2. The molecule has 2 aromatic heterocycles. The number of sulfonamides is 1. The van der Waals surface area contributed by atoms with E-state index in [-0.39, 0.29) is 18.2 Å². The molecule has 1 atom stereocenters. The SMILES string of the molecule is CN(C)c1nc(CNC(=O)C2CCCN2S(=O)(=O)c2cc3ccccc3o2)cc(-c2ccc(C(F)(F)F)cc2)n1. The van der Waals surface area contributed by atoms with Crippen LogP contribution < -0.4 is 10.2 Å². The summed E-state index contributed by atoms with van der Waals surface area (Å²) in [6, 6.07) is 13.6. The van der Waals surface area contributed by atoms with Crippen LogP contribution in [0, 0.1) is 0 Å². The molecule has 1 N–H and O–H groups in total. The predicted molar refractivity (Wildman–Crippen MR) is 142 cm³/mol. The molecule has 13 heteroatoms. The number of nitrogens with one attached hydrogen (secondary N) is 1. The number of carbonyl (C=O) groups is 1. The molecule has 9 nitrogen and oxygen atoms in total. The van der Waals surface area contributed by atoms with Crippen LogP contribution in [0.25, 0.3) is 22.2 Å². The fraction of sp³-hybridized carbons (Fsp3) is 0.296. The Morgan fingerprint density at radius 1 is 1.10 bits per heavy atom. The van der Waals surface area contributed by atoms with Crippen LogP contribution in [0.1, 0.15) is 24.1 Å². The first-order chi connectivity index (χ1) is 18.9.